The number of carbonyl (C=O) groups is 1. The van der Waals surface area contributed by atoms with Crippen LogP contribution in [0.2, 0.25) is 0 Å². The molecule has 0 aromatic heterocycles. The lowest BCUT2D eigenvalue weighted by Crippen LogP contribution is -2.51. The van der Waals surface area contributed by atoms with Crippen LogP contribution in [0.5, 0.6) is 0 Å². The molecule has 1 heterocycles. The first-order chi connectivity index (χ1) is 9.63. The molecule has 2 atom stereocenters. The Hall–Kier alpha value is -1.65. The number of benzene rings is 1. The number of nitrogens with zero attached hydrogens (tertiary/aromatic N) is 1. The van der Waals surface area contributed by atoms with Gasteiger partial charge < -0.3 is 11.1 Å². The molecule has 4 nitrogen and oxygen atoms in total. The Bertz CT molecular complexity index is 498. The van der Waals surface area contributed by atoms with Gasteiger partial charge in [0.25, 0.3) is 0 Å². The fourth-order valence-corrected chi connectivity index (χ4v) is 2.55. The summed E-state index contributed by atoms with van der Waals surface area (Å²) < 4.78 is 0. The highest BCUT2D eigenvalue weighted by molar-refractivity contribution is 5.95. The van der Waals surface area contributed by atoms with Gasteiger partial charge in [0.05, 0.1) is 6.04 Å². The van der Waals surface area contributed by atoms with Crippen molar-refractivity contribution in [2.45, 2.75) is 32.4 Å². The first-order valence-corrected chi connectivity index (χ1v) is 7.12. The van der Waals surface area contributed by atoms with Crippen molar-refractivity contribution in [3.63, 3.8) is 0 Å². The first-order valence-electron chi connectivity index (χ1n) is 7.12. The smallest absolute Gasteiger partial charge is 0.241 e. The van der Waals surface area contributed by atoms with E-state index in [0.717, 1.165) is 24.2 Å². The van der Waals surface area contributed by atoms with Crippen LogP contribution in [0.25, 0.3) is 0 Å². The lowest BCUT2D eigenvalue weighted by atomic mass is 10.1. The van der Waals surface area contributed by atoms with Gasteiger partial charge in [-0.3, -0.25) is 9.69 Å². The molecule has 1 aromatic carbocycles. The molecule has 0 saturated heterocycles. The van der Waals surface area contributed by atoms with E-state index >= 15 is 0 Å². The highest BCUT2D eigenvalue weighted by atomic mass is 16.2. The van der Waals surface area contributed by atoms with Crippen LogP contribution in [0.15, 0.2) is 36.4 Å². The highest BCUT2D eigenvalue weighted by Gasteiger charge is 2.27. The van der Waals surface area contributed by atoms with Gasteiger partial charge >= 0.3 is 0 Å². The average Bonchev–Trinajstić information content (AvgIpc) is 2.48. The normalized spacial score (nSPS) is 20.6. The number of nitrogens with two attached hydrogens (primary N) is 1. The van der Waals surface area contributed by atoms with Crippen molar-refractivity contribution >= 4 is 11.6 Å². The summed E-state index contributed by atoms with van der Waals surface area (Å²) in [7, 11) is 0. The molecule has 1 aliphatic heterocycles. The fraction of sp³-hybridized carbons (Fsp3) is 0.438. The van der Waals surface area contributed by atoms with Gasteiger partial charge in [-0.2, -0.15) is 0 Å². The largest absolute Gasteiger partial charge is 0.329 e. The minimum absolute atomic E-state index is 0.0213. The van der Waals surface area contributed by atoms with Gasteiger partial charge in [-0.25, -0.2) is 0 Å². The zero-order valence-corrected chi connectivity index (χ0v) is 12.2. The molecular formula is C16H23N3O. The van der Waals surface area contributed by atoms with E-state index in [1.165, 1.54) is 0 Å². The van der Waals surface area contributed by atoms with Gasteiger partial charge in [-0.1, -0.05) is 30.4 Å². The molecule has 108 valence electrons. The summed E-state index contributed by atoms with van der Waals surface area (Å²) in [5.74, 6) is 0.0213. The molecule has 0 spiro atoms. The lowest BCUT2D eigenvalue weighted by molar-refractivity contribution is -0.121. The second kappa shape index (κ2) is 6.68. The van der Waals surface area contributed by atoms with Gasteiger partial charge in [0, 0.05) is 24.8 Å². The van der Waals surface area contributed by atoms with Crippen LogP contribution >= 0.6 is 0 Å². The number of nitrogens with one attached hydrogen (secondary N) is 1. The molecule has 0 bridgehead atoms. The van der Waals surface area contributed by atoms with Crippen LogP contribution < -0.4 is 11.1 Å². The molecule has 0 fully saturated rings. The zero-order chi connectivity index (χ0) is 14.5. The second-order valence-corrected chi connectivity index (χ2v) is 5.24. The Labute approximate surface area is 120 Å². The zero-order valence-electron chi connectivity index (χ0n) is 12.2. The molecule has 20 heavy (non-hydrogen) atoms. The van der Waals surface area contributed by atoms with Crippen molar-refractivity contribution < 1.29 is 4.79 Å². The number of hydrogen-bond acceptors (Lipinski definition) is 3. The maximum Gasteiger partial charge on any atom is 0.241 e. The minimum Gasteiger partial charge on any atom is -0.329 e. The van der Waals surface area contributed by atoms with E-state index in [-0.39, 0.29) is 18.0 Å². The van der Waals surface area contributed by atoms with Crippen LogP contribution in [-0.2, 0) is 4.79 Å². The van der Waals surface area contributed by atoms with Gasteiger partial charge in [-0.05, 0) is 31.9 Å². The van der Waals surface area contributed by atoms with E-state index in [9.17, 15) is 4.79 Å². The molecule has 2 unspecified atom stereocenters. The molecule has 4 heteroatoms. The molecule has 0 radical (unpaired) electrons. The number of rotatable bonds is 4. The van der Waals surface area contributed by atoms with Gasteiger partial charge in [0.15, 0.2) is 0 Å². The summed E-state index contributed by atoms with van der Waals surface area (Å²) in [6.07, 6.45) is 5.21. The Balaban J connectivity index is 2.05. The number of carbonyl (C=O) groups excluding carboxylic acids is 1. The van der Waals surface area contributed by atoms with Crippen molar-refractivity contribution in [1.29, 1.82) is 0 Å². The molecular weight excluding hydrogens is 250 g/mol. The van der Waals surface area contributed by atoms with E-state index in [0.29, 0.717) is 6.54 Å². The quantitative estimate of drug-likeness (QED) is 0.824. The topological polar surface area (TPSA) is 58.4 Å². The van der Waals surface area contributed by atoms with Crippen molar-refractivity contribution in [2.24, 2.45) is 5.73 Å². The summed E-state index contributed by atoms with van der Waals surface area (Å²) in [6.45, 7) is 5.35. The Morgan fingerprint density at radius 2 is 2.25 bits per heavy atom. The summed E-state index contributed by atoms with van der Waals surface area (Å²) in [6, 6.07) is 7.78. The Morgan fingerprint density at radius 3 is 2.95 bits per heavy atom. The fourth-order valence-electron chi connectivity index (χ4n) is 2.55. The molecule has 3 N–H and O–H groups in total. The number of amides is 1. The molecule has 2 rings (SSSR count). The van der Waals surface area contributed by atoms with E-state index in [2.05, 4.69) is 22.4 Å². The van der Waals surface area contributed by atoms with Crippen LogP contribution in [0, 0.1) is 6.92 Å². The SMILES string of the molecule is Cc1ccccc1NC(=O)C(C)N1CCC=CC1CN. The Morgan fingerprint density at radius 1 is 1.50 bits per heavy atom. The van der Waals surface area contributed by atoms with E-state index in [4.69, 9.17) is 5.73 Å². The van der Waals surface area contributed by atoms with E-state index < -0.39 is 0 Å². The van der Waals surface area contributed by atoms with Crippen LogP contribution in [0.3, 0.4) is 0 Å². The maximum atomic E-state index is 12.4. The number of hydrogen-bond donors (Lipinski definition) is 2. The van der Waals surface area contributed by atoms with Crippen LogP contribution in [0.1, 0.15) is 18.9 Å². The predicted octanol–water partition coefficient (Wildman–Crippen LogP) is 1.91. The summed E-state index contributed by atoms with van der Waals surface area (Å²) in [5.41, 5.74) is 7.73. The molecule has 0 aliphatic carbocycles. The van der Waals surface area contributed by atoms with Crippen LogP contribution in [0.4, 0.5) is 5.69 Å². The van der Waals surface area contributed by atoms with Crippen LogP contribution in [-0.4, -0.2) is 36.0 Å². The third-order valence-corrected chi connectivity index (χ3v) is 3.86. The third kappa shape index (κ3) is 3.26. The molecule has 0 saturated carbocycles. The number of anilines is 1. The van der Waals surface area contributed by atoms with Crippen molar-refractivity contribution in [1.82, 2.24) is 4.90 Å². The lowest BCUT2D eigenvalue weighted by Gasteiger charge is -2.35. The first kappa shape index (κ1) is 14.8. The molecule has 1 aliphatic rings. The number of para-hydroxylation sites is 1. The van der Waals surface area contributed by atoms with E-state index in [1.54, 1.807) is 0 Å². The van der Waals surface area contributed by atoms with Gasteiger partial charge in [0.2, 0.25) is 5.91 Å². The number of aryl methyl sites for hydroxylation is 1. The monoisotopic (exact) mass is 273 g/mol. The minimum atomic E-state index is -0.187. The third-order valence-electron chi connectivity index (χ3n) is 3.86. The van der Waals surface area contributed by atoms with E-state index in [1.807, 2.05) is 38.1 Å². The summed E-state index contributed by atoms with van der Waals surface area (Å²) >= 11 is 0. The second-order valence-electron chi connectivity index (χ2n) is 5.24. The summed E-state index contributed by atoms with van der Waals surface area (Å²) in [4.78, 5) is 14.6. The predicted molar refractivity (Wildman–Crippen MR) is 82.6 cm³/mol. The van der Waals surface area contributed by atoms with Gasteiger partial charge in [-0.15, -0.1) is 0 Å². The van der Waals surface area contributed by atoms with Crippen molar-refractivity contribution in [2.75, 3.05) is 18.4 Å². The van der Waals surface area contributed by atoms with Crippen molar-refractivity contribution in [3.8, 4) is 0 Å². The maximum absolute atomic E-state index is 12.4. The standard InChI is InChI=1S/C16H23N3O/c1-12-7-3-4-9-15(12)18-16(20)13(2)19-10-6-5-8-14(19)11-17/h3-5,7-9,13-14H,6,10-11,17H2,1-2H3,(H,18,20). The van der Waals surface area contributed by atoms with Crippen molar-refractivity contribution in [3.05, 3.63) is 42.0 Å². The Kier molecular flexibility index (Phi) is 4.93. The molecule has 1 amide bonds. The summed E-state index contributed by atoms with van der Waals surface area (Å²) in [5, 5.41) is 3.01. The molecule has 1 aromatic rings. The highest BCUT2D eigenvalue weighted by Crippen LogP contribution is 2.17. The average molecular weight is 273 g/mol. The van der Waals surface area contributed by atoms with Gasteiger partial charge in [0.1, 0.15) is 0 Å².